The lowest BCUT2D eigenvalue weighted by Crippen LogP contribution is -2.58. The monoisotopic (exact) mass is 355 g/mol. The summed E-state index contributed by atoms with van der Waals surface area (Å²) in [6, 6.07) is 28.8. The van der Waals surface area contributed by atoms with Gasteiger partial charge < -0.3 is 5.73 Å². The van der Waals surface area contributed by atoms with Crippen LogP contribution in [0.1, 0.15) is 53.5 Å². The highest BCUT2D eigenvalue weighted by molar-refractivity contribution is 5.49. The van der Waals surface area contributed by atoms with Crippen molar-refractivity contribution in [3.05, 3.63) is 107 Å². The second-order valence-corrected chi connectivity index (χ2v) is 8.18. The van der Waals surface area contributed by atoms with E-state index in [-0.39, 0.29) is 5.41 Å². The first-order chi connectivity index (χ1) is 13.1. The molecule has 0 aliphatic heterocycles. The SMILES string of the molecule is Cc1ccc(C2(c3ccc(C)cc3)CCCCC2(N)c2ccccc2)cc1. The van der Waals surface area contributed by atoms with Gasteiger partial charge in [-0.05, 0) is 43.4 Å². The van der Waals surface area contributed by atoms with Gasteiger partial charge in [0.15, 0.2) is 0 Å². The van der Waals surface area contributed by atoms with Gasteiger partial charge in [-0.3, -0.25) is 0 Å². The van der Waals surface area contributed by atoms with E-state index in [1.54, 1.807) is 0 Å². The highest BCUT2D eigenvalue weighted by atomic mass is 14.8. The summed E-state index contributed by atoms with van der Waals surface area (Å²) in [6.45, 7) is 4.30. The molecule has 1 unspecified atom stereocenters. The topological polar surface area (TPSA) is 26.0 Å². The summed E-state index contributed by atoms with van der Waals surface area (Å²) in [4.78, 5) is 0. The molecule has 138 valence electrons. The number of benzene rings is 3. The Morgan fingerprint density at radius 1 is 0.593 bits per heavy atom. The maximum atomic E-state index is 7.40. The van der Waals surface area contributed by atoms with E-state index >= 15 is 0 Å². The van der Waals surface area contributed by atoms with Crippen molar-refractivity contribution in [2.75, 3.05) is 0 Å². The second kappa shape index (κ2) is 6.98. The molecule has 1 aliphatic rings. The molecule has 1 saturated carbocycles. The Morgan fingerprint density at radius 2 is 1.07 bits per heavy atom. The molecular weight excluding hydrogens is 326 g/mol. The minimum atomic E-state index is -0.420. The highest BCUT2D eigenvalue weighted by Gasteiger charge is 2.53. The maximum absolute atomic E-state index is 7.40. The Hall–Kier alpha value is -2.38. The van der Waals surface area contributed by atoms with Crippen LogP contribution in [0.5, 0.6) is 0 Å². The summed E-state index contributed by atoms with van der Waals surface area (Å²) >= 11 is 0. The Balaban J connectivity index is 2.01. The Labute approximate surface area is 163 Å². The molecule has 3 aromatic rings. The predicted molar refractivity (Wildman–Crippen MR) is 114 cm³/mol. The number of aryl methyl sites for hydroxylation is 2. The van der Waals surface area contributed by atoms with Crippen molar-refractivity contribution < 1.29 is 0 Å². The summed E-state index contributed by atoms with van der Waals surface area (Å²) in [5.41, 5.74) is 13.3. The van der Waals surface area contributed by atoms with Gasteiger partial charge >= 0.3 is 0 Å². The normalized spacial score (nSPS) is 21.7. The number of rotatable bonds is 3. The van der Waals surface area contributed by atoms with E-state index in [4.69, 9.17) is 5.73 Å². The minimum absolute atomic E-state index is 0.214. The molecule has 4 rings (SSSR count). The molecule has 1 fully saturated rings. The lowest BCUT2D eigenvalue weighted by molar-refractivity contribution is 0.178. The van der Waals surface area contributed by atoms with Gasteiger partial charge in [-0.2, -0.15) is 0 Å². The lowest BCUT2D eigenvalue weighted by atomic mass is 9.53. The van der Waals surface area contributed by atoms with Crippen molar-refractivity contribution in [2.45, 2.75) is 50.5 Å². The van der Waals surface area contributed by atoms with Crippen LogP contribution in [-0.4, -0.2) is 0 Å². The average molecular weight is 356 g/mol. The molecule has 0 heterocycles. The lowest BCUT2D eigenvalue weighted by Gasteiger charge is -2.53. The van der Waals surface area contributed by atoms with Crippen molar-refractivity contribution in [3.8, 4) is 0 Å². The smallest absolute Gasteiger partial charge is 0.0548 e. The molecule has 0 saturated heterocycles. The van der Waals surface area contributed by atoms with Crippen LogP contribution >= 0.6 is 0 Å². The fourth-order valence-electron chi connectivity index (χ4n) is 5.00. The molecule has 0 bridgehead atoms. The summed E-state index contributed by atoms with van der Waals surface area (Å²) < 4.78 is 0. The van der Waals surface area contributed by atoms with Gasteiger partial charge in [-0.1, -0.05) is 103 Å². The molecular formula is C26H29N. The molecule has 27 heavy (non-hydrogen) atoms. The maximum Gasteiger partial charge on any atom is 0.0548 e. The molecule has 0 spiro atoms. The summed E-state index contributed by atoms with van der Waals surface area (Å²) in [5.74, 6) is 0. The van der Waals surface area contributed by atoms with E-state index in [1.807, 2.05) is 0 Å². The quantitative estimate of drug-likeness (QED) is 0.611. The molecule has 0 radical (unpaired) electrons. The van der Waals surface area contributed by atoms with E-state index in [1.165, 1.54) is 40.7 Å². The molecule has 1 heteroatoms. The van der Waals surface area contributed by atoms with Crippen LogP contribution in [0, 0.1) is 13.8 Å². The summed E-state index contributed by atoms with van der Waals surface area (Å²) in [5, 5.41) is 0. The number of hydrogen-bond donors (Lipinski definition) is 1. The minimum Gasteiger partial charge on any atom is -0.320 e. The zero-order chi connectivity index (χ0) is 18.9. The third-order valence-corrected chi connectivity index (χ3v) is 6.51. The van der Waals surface area contributed by atoms with E-state index in [9.17, 15) is 0 Å². The van der Waals surface area contributed by atoms with Gasteiger partial charge in [-0.15, -0.1) is 0 Å². The molecule has 1 aliphatic carbocycles. The standard InChI is InChI=1S/C26H29N/c1-20-10-14-22(15-11-20)25(23-16-12-21(2)13-17-23)18-6-7-19-26(25,27)24-8-4-3-5-9-24/h3-5,8-17H,6-7,18-19,27H2,1-2H3. The van der Waals surface area contributed by atoms with Crippen LogP contribution < -0.4 is 5.73 Å². The van der Waals surface area contributed by atoms with Gasteiger partial charge in [0.1, 0.15) is 0 Å². The van der Waals surface area contributed by atoms with E-state index in [0.717, 1.165) is 12.8 Å². The predicted octanol–water partition coefficient (Wildman–Crippen LogP) is 6.02. The van der Waals surface area contributed by atoms with Crippen LogP contribution in [0.4, 0.5) is 0 Å². The average Bonchev–Trinajstić information content (AvgIpc) is 2.71. The van der Waals surface area contributed by atoms with Crippen molar-refractivity contribution in [1.29, 1.82) is 0 Å². The first-order valence-electron chi connectivity index (χ1n) is 10.0. The van der Waals surface area contributed by atoms with E-state index < -0.39 is 5.54 Å². The van der Waals surface area contributed by atoms with Crippen molar-refractivity contribution in [1.82, 2.24) is 0 Å². The Bertz CT molecular complexity index is 848. The zero-order valence-corrected chi connectivity index (χ0v) is 16.4. The van der Waals surface area contributed by atoms with Gasteiger partial charge in [-0.25, -0.2) is 0 Å². The van der Waals surface area contributed by atoms with Gasteiger partial charge in [0, 0.05) is 5.41 Å². The molecule has 2 N–H and O–H groups in total. The van der Waals surface area contributed by atoms with Crippen LogP contribution in [0.25, 0.3) is 0 Å². The third kappa shape index (κ3) is 2.91. The summed E-state index contributed by atoms with van der Waals surface area (Å²) in [7, 11) is 0. The van der Waals surface area contributed by atoms with Crippen LogP contribution in [-0.2, 0) is 11.0 Å². The highest BCUT2D eigenvalue weighted by Crippen LogP contribution is 2.54. The second-order valence-electron chi connectivity index (χ2n) is 8.18. The molecule has 1 nitrogen and oxygen atoms in total. The van der Waals surface area contributed by atoms with Crippen molar-refractivity contribution in [2.24, 2.45) is 5.73 Å². The number of hydrogen-bond acceptors (Lipinski definition) is 1. The van der Waals surface area contributed by atoms with Gasteiger partial charge in [0.25, 0.3) is 0 Å². The fourth-order valence-corrected chi connectivity index (χ4v) is 5.00. The number of nitrogens with two attached hydrogens (primary N) is 1. The summed E-state index contributed by atoms with van der Waals surface area (Å²) in [6.07, 6.45) is 4.45. The third-order valence-electron chi connectivity index (χ3n) is 6.51. The first kappa shape index (κ1) is 18.0. The molecule has 1 atom stereocenters. The van der Waals surface area contributed by atoms with Crippen molar-refractivity contribution in [3.63, 3.8) is 0 Å². The largest absolute Gasteiger partial charge is 0.320 e. The van der Waals surface area contributed by atoms with Crippen LogP contribution in [0.3, 0.4) is 0 Å². The van der Waals surface area contributed by atoms with Crippen molar-refractivity contribution >= 4 is 0 Å². The first-order valence-corrected chi connectivity index (χ1v) is 10.0. The van der Waals surface area contributed by atoms with E-state index in [0.29, 0.717) is 0 Å². The Morgan fingerprint density at radius 3 is 1.59 bits per heavy atom. The van der Waals surface area contributed by atoms with Crippen LogP contribution in [0.2, 0.25) is 0 Å². The fraction of sp³-hybridized carbons (Fsp3) is 0.308. The Kier molecular flexibility index (Phi) is 4.65. The van der Waals surface area contributed by atoms with Gasteiger partial charge in [0.2, 0.25) is 0 Å². The van der Waals surface area contributed by atoms with Crippen LogP contribution in [0.15, 0.2) is 78.9 Å². The van der Waals surface area contributed by atoms with E-state index in [2.05, 4.69) is 92.7 Å². The van der Waals surface area contributed by atoms with Gasteiger partial charge in [0.05, 0.1) is 5.54 Å². The molecule has 0 aromatic heterocycles. The zero-order valence-electron chi connectivity index (χ0n) is 16.4. The molecule has 0 amide bonds. The molecule has 3 aromatic carbocycles.